The molecule has 0 spiro atoms. The van der Waals surface area contributed by atoms with Crippen LogP contribution < -0.4 is 0 Å². The highest BCUT2D eigenvalue weighted by Gasteiger charge is 2.34. The first-order valence-electron chi connectivity index (χ1n) is 12.7. The minimum Gasteiger partial charge on any atom is -0.378 e. The fourth-order valence-corrected chi connectivity index (χ4v) is 6.39. The molecule has 194 valence electrons. The molecule has 0 radical (unpaired) electrons. The number of ether oxygens (including phenoxy) is 1. The van der Waals surface area contributed by atoms with Gasteiger partial charge in [-0.05, 0) is 95.3 Å². The van der Waals surface area contributed by atoms with E-state index in [1.54, 1.807) is 0 Å². The van der Waals surface area contributed by atoms with Gasteiger partial charge in [0, 0.05) is 19.7 Å². The lowest BCUT2D eigenvalue weighted by atomic mass is 9.93. The zero-order valence-electron chi connectivity index (χ0n) is 20.2. The summed E-state index contributed by atoms with van der Waals surface area (Å²) in [6, 6.07) is 3.55. The smallest absolute Gasteiger partial charge is 0.378 e. The number of benzene rings is 1. The molecular formula is C25H39F3N2O3S. The van der Waals surface area contributed by atoms with Gasteiger partial charge in [0.15, 0.2) is 0 Å². The third-order valence-corrected chi connectivity index (χ3v) is 9.11. The Morgan fingerprint density at radius 1 is 0.941 bits per heavy atom. The first-order chi connectivity index (χ1) is 16.2. The van der Waals surface area contributed by atoms with Gasteiger partial charge < -0.3 is 9.64 Å². The molecule has 0 aromatic heterocycles. The molecule has 1 aromatic rings. The van der Waals surface area contributed by atoms with Crippen LogP contribution in [-0.4, -0.2) is 63.1 Å². The molecule has 0 unspecified atom stereocenters. The van der Waals surface area contributed by atoms with E-state index in [1.165, 1.54) is 69.5 Å². The minimum absolute atomic E-state index is 0.110. The molecule has 0 amide bonds. The van der Waals surface area contributed by atoms with Gasteiger partial charge in [0.05, 0.1) is 16.6 Å². The summed E-state index contributed by atoms with van der Waals surface area (Å²) in [5, 5.41) is 0. The average molecular weight is 505 g/mol. The number of hydrogen-bond acceptors (Lipinski definition) is 4. The molecule has 1 saturated carbocycles. The predicted octanol–water partition coefficient (Wildman–Crippen LogP) is 5.70. The number of hydrogen-bond donors (Lipinski definition) is 0. The lowest BCUT2D eigenvalue weighted by Gasteiger charge is -2.34. The Morgan fingerprint density at radius 3 is 2.18 bits per heavy atom. The van der Waals surface area contributed by atoms with E-state index in [-0.39, 0.29) is 17.0 Å². The Morgan fingerprint density at radius 2 is 1.56 bits per heavy atom. The molecule has 0 N–H and O–H groups in total. The normalized spacial score (nSPS) is 22.9. The molecular weight excluding hydrogens is 465 g/mol. The number of halogens is 3. The van der Waals surface area contributed by atoms with E-state index >= 15 is 0 Å². The Bertz CT molecular complexity index is 832. The van der Waals surface area contributed by atoms with Crippen LogP contribution in [0.25, 0.3) is 0 Å². The standard InChI is InChI=1S/C25H39F3N2O3S/c1-29(34(31,32)24-15-9-21(10-16-24)25(26,27)28)22-11-13-23(14-12-22)33-20-8-3-2-5-17-30-18-6-4-7-19-30/h9-10,15-16,22-23H,2-8,11-14,17-20H2,1H3. The van der Waals surface area contributed by atoms with Crippen LogP contribution in [0.3, 0.4) is 0 Å². The lowest BCUT2D eigenvalue weighted by Crippen LogP contribution is -2.40. The van der Waals surface area contributed by atoms with Crippen LogP contribution in [0, 0.1) is 0 Å². The summed E-state index contributed by atoms with van der Waals surface area (Å²) < 4.78 is 71.4. The van der Waals surface area contributed by atoms with E-state index in [9.17, 15) is 21.6 Å². The highest BCUT2D eigenvalue weighted by molar-refractivity contribution is 7.89. The van der Waals surface area contributed by atoms with Crippen molar-refractivity contribution < 1.29 is 26.3 Å². The maximum atomic E-state index is 12.9. The van der Waals surface area contributed by atoms with E-state index < -0.39 is 21.8 Å². The van der Waals surface area contributed by atoms with Gasteiger partial charge in [0.1, 0.15) is 0 Å². The summed E-state index contributed by atoms with van der Waals surface area (Å²) in [7, 11) is -2.32. The number of rotatable bonds is 11. The molecule has 2 fully saturated rings. The Balaban J connectivity index is 1.33. The maximum Gasteiger partial charge on any atom is 0.416 e. The largest absolute Gasteiger partial charge is 0.416 e. The first-order valence-corrected chi connectivity index (χ1v) is 14.1. The highest BCUT2D eigenvalue weighted by atomic mass is 32.2. The zero-order chi connectivity index (χ0) is 24.6. The topological polar surface area (TPSA) is 49.9 Å². The SMILES string of the molecule is CN(C1CCC(OCCCCCCN2CCCCC2)CC1)S(=O)(=O)c1ccc(C(F)(F)F)cc1. The maximum absolute atomic E-state index is 12.9. The molecule has 1 heterocycles. The van der Waals surface area contributed by atoms with Crippen molar-refractivity contribution in [3.63, 3.8) is 0 Å². The molecule has 1 aliphatic carbocycles. The fourth-order valence-electron chi connectivity index (χ4n) is 4.98. The third-order valence-electron chi connectivity index (χ3n) is 7.19. The van der Waals surface area contributed by atoms with E-state index in [0.717, 1.165) is 50.1 Å². The van der Waals surface area contributed by atoms with Crippen LogP contribution in [-0.2, 0) is 20.9 Å². The zero-order valence-corrected chi connectivity index (χ0v) is 21.0. The second-order valence-corrected chi connectivity index (χ2v) is 11.7. The molecule has 0 bridgehead atoms. The minimum atomic E-state index is -4.49. The van der Waals surface area contributed by atoms with Gasteiger partial charge in [-0.15, -0.1) is 0 Å². The van der Waals surface area contributed by atoms with Crippen LogP contribution in [0.5, 0.6) is 0 Å². The second kappa shape index (κ2) is 12.7. The Labute approximate surface area is 202 Å². The quantitative estimate of drug-likeness (QED) is 0.363. The summed E-state index contributed by atoms with van der Waals surface area (Å²) >= 11 is 0. The number of piperidine rings is 1. The van der Waals surface area contributed by atoms with Gasteiger partial charge in [0.25, 0.3) is 0 Å². The van der Waals surface area contributed by atoms with E-state index in [2.05, 4.69) is 4.90 Å². The van der Waals surface area contributed by atoms with Gasteiger partial charge in [-0.2, -0.15) is 17.5 Å². The summed E-state index contributed by atoms with van der Waals surface area (Å²) in [5.41, 5.74) is -0.853. The van der Waals surface area contributed by atoms with Crippen molar-refractivity contribution in [1.29, 1.82) is 0 Å². The van der Waals surface area contributed by atoms with Crippen molar-refractivity contribution in [1.82, 2.24) is 9.21 Å². The molecule has 1 saturated heterocycles. The van der Waals surface area contributed by atoms with Crippen LogP contribution >= 0.6 is 0 Å². The number of likely N-dealkylation sites (tertiary alicyclic amines) is 1. The molecule has 0 atom stereocenters. The molecule has 9 heteroatoms. The summed E-state index contributed by atoms with van der Waals surface area (Å²) in [4.78, 5) is 2.47. The lowest BCUT2D eigenvalue weighted by molar-refractivity contribution is -0.137. The van der Waals surface area contributed by atoms with Gasteiger partial charge in [-0.1, -0.05) is 19.3 Å². The summed E-state index contributed by atoms with van der Waals surface area (Å²) in [6.07, 6.45) is 7.43. The van der Waals surface area contributed by atoms with Crippen LogP contribution in [0.1, 0.15) is 76.2 Å². The van der Waals surface area contributed by atoms with E-state index in [0.29, 0.717) is 12.8 Å². The van der Waals surface area contributed by atoms with Crippen molar-refractivity contribution in [2.75, 3.05) is 33.3 Å². The van der Waals surface area contributed by atoms with Gasteiger partial charge >= 0.3 is 6.18 Å². The van der Waals surface area contributed by atoms with Crippen molar-refractivity contribution in [3.05, 3.63) is 29.8 Å². The molecule has 3 rings (SSSR count). The number of sulfonamides is 1. The molecule has 2 aliphatic rings. The first kappa shape index (κ1) is 27.4. The molecule has 1 aliphatic heterocycles. The number of alkyl halides is 3. The van der Waals surface area contributed by atoms with Gasteiger partial charge in [-0.3, -0.25) is 0 Å². The highest BCUT2D eigenvalue weighted by Crippen LogP contribution is 2.32. The molecule has 5 nitrogen and oxygen atoms in total. The summed E-state index contributed by atoms with van der Waals surface area (Å²) in [6.45, 7) is 4.48. The second-order valence-electron chi connectivity index (χ2n) is 9.66. The van der Waals surface area contributed by atoms with Crippen LogP contribution in [0.15, 0.2) is 29.2 Å². The number of unbranched alkanes of at least 4 members (excludes halogenated alkanes) is 3. The van der Waals surface area contributed by atoms with Crippen molar-refractivity contribution >= 4 is 10.0 Å². The third kappa shape index (κ3) is 7.93. The van der Waals surface area contributed by atoms with Crippen LogP contribution in [0.2, 0.25) is 0 Å². The average Bonchev–Trinajstić information content (AvgIpc) is 2.83. The van der Waals surface area contributed by atoms with Crippen molar-refractivity contribution in [2.45, 2.75) is 93.8 Å². The Kier molecular flexibility index (Phi) is 10.2. The molecule has 1 aromatic carbocycles. The predicted molar refractivity (Wildman–Crippen MR) is 127 cm³/mol. The van der Waals surface area contributed by atoms with E-state index in [1.807, 2.05) is 0 Å². The van der Waals surface area contributed by atoms with Crippen LogP contribution in [0.4, 0.5) is 13.2 Å². The Hall–Kier alpha value is -1.16. The van der Waals surface area contributed by atoms with Gasteiger partial charge in [-0.25, -0.2) is 8.42 Å². The monoisotopic (exact) mass is 504 g/mol. The van der Waals surface area contributed by atoms with Crippen molar-refractivity contribution in [3.8, 4) is 0 Å². The summed E-state index contributed by atoms with van der Waals surface area (Å²) in [5.74, 6) is 0. The van der Waals surface area contributed by atoms with Crippen molar-refractivity contribution in [2.24, 2.45) is 0 Å². The number of nitrogens with zero attached hydrogens (tertiary/aromatic N) is 2. The van der Waals surface area contributed by atoms with E-state index in [4.69, 9.17) is 4.74 Å². The van der Waals surface area contributed by atoms with Gasteiger partial charge in [0.2, 0.25) is 10.0 Å². The fraction of sp³-hybridized carbons (Fsp3) is 0.760. The molecule has 34 heavy (non-hydrogen) atoms.